The smallest absolute Gasteiger partial charge is 0.240 e. The summed E-state index contributed by atoms with van der Waals surface area (Å²) in [4.78, 5) is 6.29. The minimum atomic E-state index is 0.297. The lowest BCUT2D eigenvalue weighted by atomic mass is 10.0. The van der Waals surface area contributed by atoms with Crippen molar-refractivity contribution in [2.24, 2.45) is 0 Å². The summed E-state index contributed by atoms with van der Waals surface area (Å²) in [5.41, 5.74) is 10.9. The first kappa shape index (κ1) is 12.5. The number of benzene rings is 1. The Labute approximate surface area is 117 Å². The van der Waals surface area contributed by atoms with Gasteiger partial charge < -0.3 is 10.6 Å². The van der Waals surface area contributed by atoms with Gasteiger partial charge in [-0.15, -0.1) is 5.10 Å². The van der Waals surface area contributed by atoms with E-state index in [1.54, 1.807) is 4.52 Å². The van der Waals surface area contributed by atoms with Crippen molar-refractivity contribution in [3.63, 3.8) is 0 Å². The zero-order chi connectivity index (χ0) is 14.3. The van der Waals surface area contributed by atoms with Crippen LogP contribution in [0, 0.1) is 6.92 Å². The lowest BCUT2D eigenvalue weighted by molar-refractivity contribution is 0.922. The highest BCUT2D eigenvalue weighted by atomic mass is 15.3. The number of anilines is 2. The van der Waals surface area contributed by atoms with E-state index in [1.807, 2.05) is 39.2 Å². The van der Waals surface area contributed by atoms with Crippen LogP contribution in [0.2, 0.25) is 0 Å². The molecule has 5 heteroatoms. The van der Waals surface area contributed by atoms with E-state index in [1.165, 1.54) is 11.3 Å². The van der Waals surface area contributed by atoms with Gasteiger partial charge in [-0.25, -0.2) is 4.52 Å². The Kier molecular flexibility index (Phi) is 2.82. The molecule has 2 heterocycles. The predicted molar refractivity (Wildman–Crippen MR) is 81.9 cm³/mol. The molecule has 2 aromatic heterocycles. The molecule has 102 valence electrons. The summed E-state index contributed by atoms with van der Waals surface area (Å²) in [6, 6.07) is 12.3. The zero-order valence-electron chi connectivity index (χ0n) is 11.8. The van der Waals surface area contributed by atoms with E-state index >= 15 is 0 Å². The Morgan fingerprint density at radius 2 is 1.80 bits per heavy atom. The van der Waals surface area contributed by atoms with E-state index in [4.69, 9.17) is 5.73 Å². The van der Waals surface area contributed by atoms with Crippen molar-refractivity contribution in [2.75, 3.05) is 24.7 Å². The summed E-state index contributed by atoms with van der Waals surface area (Å²) >= 11 is 0. The maximum absolute atomic E-state index is 5.68. The van der Waals surface area contributed by atoms with Crippen LogP contribution in [0.25, 0.3) is 16.8 Å². The van der Waals surface area contributed by atoms with Gasteiger partial charge in [0.1, 0.15) is 0 Å². The molecule has 0 radical (unpaired) electrons. The maximum Gasteiger partial charge on any atom is 0.240 e. The molecule has 5 nitrogen and oxygen atoms in total. The van der Waals surface area contributed by atoms with Crippen LogP contribution in [-0.2, 0) is 0 Å². The van der Waals surface area contributed by atoms with Gasteiger partial charge >= 0.3 is 0 Å². The highest BCUT2D eigenvalue weighted by molar-refractivity contribution is 5.80. The molecule has 0 aliphatic carbocycles. The summed E-state index contributed by atoms with van der Waals surface area (Å²) < 4.78 is 1.79. The molecule has 3 aromatic rings. The number of nitrogens with two attached hydrogens (primary N) is 1. The SMILES string of the molecule is Cc1c(-c2ccccc2N(C)C)ccc2nc(N)nn12. The maximum atomic E-state index is 5.68. The summed E-state index contributed by atoms with van der Waals surface area (Å²) in [7, 11) is 4.08. The number of nitrogens with zero attached hydrogens (tertiary/aromatic N) is 4. The van der Waals surface area contributed by atoms with Crippen LogP contribution < -0.4 is 10.6 Å². The first-order chi connectivity index (χ1) is 9.58. The molecular weight excluding hydrogens is 250 g/mol. The second-order valence-corrected chi connectivity index (χ2v) is 4.98. The summed E-state index contributed by atoms with van der Waals surface area (Å²) in [6.07, 6.45) is 0. The fraction of sp³-hybridized carbons (Fsp3) is 0.200. The predicted octanol–water partition coefficient (Wildman–Crippen LogP) is 2.35. The molecule has 0 atom stereocenters. The van der Waals surface area contributed by atoms with Crippen LogP contribution in [-0.4, -0.2) is 28.7 Å². The fourth-order valence-corrected chi connectivity index (χ4v) is 2.46. The van der Waals surface area contributed by atoms with Gasteiger partial charge in [0.2, 0.25) is 5.95 Å². The van der Waals surface area contributed by atoms with Crippen molar-refractivity contribution in [2.45, 2.75) is 6.92 Å². The first-order valence-corrected chi connectivity index (χ1v) is 6.46. The molecule has 0 unspecified atom stereocenters. The van der Waals surface area contributed by atoms with Gasteiger partial charge in [-0.05, 0) is 25.1 Å². The van der Waals surface area contributed by atoms with Crippen molar-refractivity contribution in [1.29, 1.82) is 0 Å². The average Bonchev–Trinajstić information content (AvgIpc) is 2.81. The van der Waals surface area contributed by atoms with E-state index in [9.17, 15) is 0 Å². The molecule has 0 amide bonds. The van der Waals surface area contributed by atoms with Crippen molar-refractivity contribution in [3.05, 3.63) is 42.1 Å². The molecule has 0 spiro atoms. The third kappa shape index (κ3) is 1.87. The average molecular weight is 267 g/mol. The molecule has 1 aromatic carbocycles. The van der Waals surface area contributed by atoms with Crippen molar-refractivity contribution in [3.8, 4) is 11.1 Å². The van der Waals surface area contributed by atoms with E-state index < -0.39 is 0 Å². The molecule has 0 fully saturated rings. The van der Waals surface area contributed by atoms with Gasteiger partial charge in [0.15, 0.2) is 5.65 Å². The highest BCUT2D eigenvalue weighted by Gasteiger charge is 2.12. The molecule has 0 saturated heterocycles. The van der Waals surface area contributed by atoms with Gasteiger partial charge in [0, 0.05) is 36.6 Å². The molecule has 0 saturated carbocycles. The number of pyridine rings is 1. The third-order valence-corrected chi connectivity index (χ3v) is 3.43. The minimum Gasteiger partial charge on any atom is -0.377 e. The normalized spacial score (nSPS) is 10.9. The lowest BCUT2D eigenvalue weighted by Gasteiger charge is -2.18. The number of aromatic nitrogens is 3. The Morgan fingerprint density at radius 3 is 2.55 bits per heavy atom. The number of nitrogen functional groups attached to an aromatic ring is 1. The van der Waals surface area contributed by atoms with Gasteiger partial charge in [-0.3, -0.25) is 0 Å². The third-order valence-electron chi connectivity index (χ3n) is 3.43. The number of hydrogen-bond donors (Lipinski definition) is 1. The zero-order valence-corrected chi connectivity index (χ0v) is 11.8. The molecule has 20 heavy (non-hydrogen) atoms. The molecule has 0 bridgehead atoms. The Balaban J connectivity index is 2.27. The molecular formula is C15H17N5. The van der Waals surface area contributed by atoms with Crippen LogP contribution in [0.15, 0.2) is 36.4 Å². The summed E-state index contributed by atoms with van der Waals surface area (Å²) in [5, 5.41) is 4.24. The second kappa shape index (κ2) is 4.52. The molecule has 2 N–H and O–H groups in total. The van der Waals surface area contributed by atoms with E-state index in [0.717, 1.165) is 16.9 Å². The highest BCUT2D eigenvalue weighted by Crippen LogP contribution is 2.32. The van der Waals surface area contributed by atoms with Crippen LogP contribution >= 0.6 is 0 Å². The topological polar surface area (TPSA) is 59.5 Å². The summed E-state index contributed by atoms with van der Waals surface area (Å²) in [6.45, 7) is 2.03. The molecule has 0 aliphatic rings. The number of aryl methyl sites for hydroxylation is 1. The van der Waals surface area contributed by atoms with Crippen LogP contribution in [0.1, 0.15) is 5.69 Å². The fourth-order valence-electron chi connectivity index (χ4n) is 2.46. The quantitative estimate of drug-likeness (QED) is 0.774. The number of hydrogen-bond acceptors (Lipinski definition) is 4. The van der Waals surface area contributed by atoms with Gasteiger partial charge in [-0.1, -0.05) is 18.2 Å². The number of para-hydroxylation sites is 1. The van der Waals surface area contributed by atoms with Crippen molar-refractivity contribution in [1.82, 2.24) is 14.6 Å². The monoisotopic (exact) mass is 267 g/mol. The molecule has 0 aliphatic heterocycles. The standard InChI is InChI=1S/C15H17N5/c1-10-11(8-9-14-17-15(16)18-20(10)14)12-6-4-5-7-13(12)19(2)3/h4-9H,1-3H3,(H2,16,18). The van der Waals surface area contributed by atoms with Crippen LogP contribution in [0.4, 0.5) is 11.6 Å². The minimum absolute atomic E-state index is 0.297. The van der Waals surface area contributed by atoms with Crippen molar-refractivity contribution < 1.29 is 0 Å². The second-order valence-electron chi connectivity index (χ2n) is 4.98. The van der Waals surface area contributed by atoms with Crippen LogP contribution in [0.5, 0.6) is 0 Å². The van der Waals surface area contributed by atoms with Gasteiger partial charge in [-0.2, -0.15) is 4.98 Å². The molecule has 3 rings (SSSR count). The number of rotatable bonds is 2. The Morgan fingerprint density at radius 1 is 1.05 bits per heavy atom. The van der Waals surface area contributed by atoms with Crippen LogP contribution in [0.3, 0.4) is 0 Å². The summed E-state index contributed by atoms with van der Waals surface area (Å²) in [5.74, 6) is 0.297. The van der Waals surface area contributed by atoms with Crippen molar-refractivity contribution >= 4 is 17.3 Å². The largest absolute Gasteiger partial charge is 0.377 e. The van der Waals surface area contributed by atoms with E-state index in [0.29, 0.717) is 5.95 Å². The van der Waals surface area contributed by atoms with E-state index in [2.05, 4.69) is 33.2 Å². The Hall–Kier alpha value is -2.56. The first-order valence-electron chi connectivity index (χ1n) is 6.46. The van der Waals surface area contributed by atoms with Gasteiger partial charge in [0.25, 0.3) is 0 Å². The van der Waals surface area contributed by atoms with Gasteiger partial charge in [0.05, 0.1) is 0 Å². The Bertz CT molecular complexity index is 773. The van der Waals surface area contributed by atoms with E-state index in [-0.39, 0.29) is 0 Å². The lowest BCUT2D eigenvalue weighted by Crippen LogP contribution is -2.10. The number of fused-ring (bicyclic) bond motifs is 1.